The first-order chi connectivity index (χ1) is 18.4. The second kappa shape index (κ2) is 14.7. The summed E-state index contributed by atoms with van der Waals surface area (Å²) in [4.78, 5) is 0. The number of hydrogen-bond donors (Lipinski definition) is 0. The van der Waals surface area contributed by atoms with Gasteiger partial charge in [-0.1, -0.05) is 95.7 Å². The van der Waals surface area contributed by atoms with E-state index in [0.717, 1.165) is 62.4 Å². The largest absolute Gasteiger partial charge is 0.496 e. The zero-order valence-electron chi connectivity index (χ0n) is 22.1. The molecule has 0 aliphatic rings. The van der Waals surface area contributed by atoms with Crippen LogP contribution in [0.1, 0.15) is 67.3 Å². The van der Waals surface area contributed by atoms with E-state index in [2.05, 4.69) is 63.9 Å². The molecule has 38 heavy (non-hydrogen) atoms. The van der Waals surface area contributed by atoms with Crippen LogP contribution in [-0.4, -0.2) is 7.11 Å². The highest BCUT2D eigenvalue weighted by Crippen LogP contribution is 2.36. The monoisotopic (exact) mass is 630 g/mol. The molecule has 3 aromatic rings. The maximum Gasteiger partial charge on any atom is 0.128 e. The number of rotatable bonds is 11. The molecule has 0 radical (unpaired) electrons. The summed E-state index contributed by atoms with van der Waals surface area (Å²) in [7, 11) is 1.61. The number of nitriles is 2. The molecule has 5 heteroatoms. The molecule has 0 amide bonds. The molecule has 0 saturated carbocycles. The summed E-state index contributed by atoms with van der Waals surface area (Å²) in [5.41, 5.74) is 5.63. The molecule has 3 nitrogen and oxygen atoms in total. The highest BCUT2D eigenvalue weighted by atomic mass is 79.9. The van der Waals surface area contributed by atoms with E-state index in [1.807, 2.05) is 66.7 Å². The number of ether oxygens (including phenoxy) is 1. The van der Waals surface area contributed by atoms with Crippen molar-refractivity contribution in [2.45, 2.75) is 46.0 Å². The van der Waals surface area contributed by atoms with Gasteiger partial charge in [-0.05, 0) is 83.1 Å². The molecule has 0 heterocycles. The fourth-order valence-electron chi connectivity index (χ4n) is 4.47. The Labute approximate surface area is 243 Å². The molecule has 0 saturated heterocycles. The molecular formula is C33H32Br2N2O. The van der Waals surface area contributed by atoms with Gasteiger partial charge in [0.05, 0.1) is 30.4 Å². The van der Waals surface area contributed by atoms with Crippen molar-refractivity contribution in [1.82, 2.24) is 0 Å². The van der Waals surface area contributed by atoms with Gasteiger partial charge in [-0.3, -0.25) is 0 Å². The second-order valence-electron chi connectivity index (χ2n) is 9.27. The van der Waals surface area contributed by atoms with Gasteiger partial charge in [0, 0.05) is 14.5 Å². The predicted octanol–water partition coefficient (Wildman–Crippen LogP) is 10.1. The third-order valence-electron chi connectivity index (χ3n) is 6.66. The van der Waals surface area contributed by atoms with Crippen LogP contribution in [0.15, 0.2) is 69.6 Å². The molecule has 0 aliphatic carbocycles. The van der Waals surface area contributed by atoms with E-state index in [0.29, 0.717) is 22.8 Å². The Bertz CT molecular complexity index is 1370. The van der Waals surface area contributed by atoms with Gasteiger partial charge >= 0.3 is 0 Å². The average molecular weight is 632 g/mol. The maximum absolute atomic E-state index is 10.2. The Morgan fingerprint density at radius 1 is 0.842 bits per heavy atom. The number of benzene rings is 3. The van der Waals surface area contributed by atoms with Gasteiger partial charge in [0.1, 0.15) is 5.75 Å². The zero-order chi connectivity index (χ0) is 27.5. The van der Waals surface area contributed by atoms with Crippen LogP contribution in [0.3, 0.4) is 0 Å². The number of halogens is 2. The summed E-state index contributed by atoms with van der Waals surface area (Å²) in [6, 6.07) is 24.5. The van der Waals surface area contributed by atoms with Gasteiger partial charge in [-0.2, -0.15) is 10.5 Å². The molecule has 3 aromatic carbocycles. The average Bonchev–Trinajstić information content (AvgIpc) is 2.94. The maximum atomic E-state index is 10.2. The van der Waals surface area contributed by atoms with Gasteiger partial charge in [0.25, 0.3) is 0 Å². The van der Waals surface area contributed by atoms with Crippen molar-refractivity contribution >= 4 is 55.2 Å². The van der Waals surface area contributed by atoms with Gasteiger partial charge in [-0.25, -0.2) is 0 Å². The second-order valence-corrected chi connectivity index (χ2v) is 11.1. The molecule has 0 bridgehead atoms. The highest BCUT2D eigenvalue weighted by molar-refractivity contribution is 9.10. The van der Waals surface area contributed by atoms with Gasteiger partial charge < -0.3 is 4.74 Å². The predicted molar refractivity (Wildman–Crippen MR) is 165 cm³/mol. The van der Waals surface area contributed by atoms with E-state index in [9.17, 15) is 10.5 Å². The van der Waals surface area contributed by atoms with Crippen LogP contribution in [0, 0.1) is 28.6 Å². The standard InChI is InChI=1S/C33H32Br2N2O/c1-4-6-7-23(5-2)16-26-19-32(28(22-37)18-25-10-14-30(35)15-11-25)33(38-3)20-31(26)27(21-36)17-24-8-12-29(34)13-9-24/h8-15,17-20,23H,4-7,16H2,1-3H3. The number of methoxy groups -OCH3 is 1. The molecule has 0 fully saturated rings. The summed E-state index contributed by atoms with van der Waals surface area (Å²) >= 11 is 6.95. The molecular weight excluding hydrogens is 600 g/mol. The smallest absolute Gasteiger partial charge is 0.128 e. The minimum atomic E-state index is 0.489. The molecule has 0 N–H and O–H groups in total. The zero-order valence-corrected chi connectivity index (χ0v) is 25.3. The minimum absolute atomic E-state index is 0.489. The number of allylic oxidation sites excluding steroid dienone is 2. The number of unbranched alkanes of at least 4 members (excludes halogenated alkanes) is 1. The SMILES string of the molecule is CCCCC(CC)Cc1cc(C(C#N)=Cc2ccc(Br)cc2)c(OC)cc1C(C#N)=Cc1ccc(Br)cc1. The van der Waals surface area contributed by atoms with Crippen molar-refractivity contribution in [3.63, 3.8) is 0 Å². The molecule has 0 aromatic heterocycles. The van der Waals surface area contributed by atoms with Crippen LogP contribution >= 0.6 is 31.9 Å². The van der Waals surface area contributed by atoms with E-state index in [-0.39, 0.29) is 0 Å². The van der Waals surface area contributed by atoms with E-state index in [1.165, 1.54) is 6.42 Å². The summed E-state index contributed by atoms with van der Waals surface area (Å²) in [5, 5.41) is 20.4. The van der Waals surface area contributed by atoms with Crippen molar-refractivity contribution in [2.24, 2.45) is 5.92 Å². The first kappa shape index (κ1) is 29.4. The Hall–Kier alpha value is -3.12. The first-order valence-electron chi connectivity index (χ1n) is 12.9. The molecule has 3 rings (SSSR count). The fraction of sp³-hybridized carbons (Fsp3) is 0.273. The molecule has 194 valence electrons. The number of nitrogens with zero attached hydrogens (tertiary/aromatic N) is 2. The lowest BCUT2D eigenvalue weighted by Crippen LogP contribution is -2.07. The highest BCUT2D eigenvalue weighted by Gasteiger charge is 2.19. The summed E-state index contributed by atoms with van der Waals surface area (Å²) < 4.78 is 7.77. The summed E-state index contributed by atoms with van der Waals surface area (Å²) in [6.45, 7) is 4.44. The van der Waals surface area contributed by atoms with E-state index in [4.69, 9.17) is 4.74 Å². The van der Waals surface area contributed by atoms with Crippen molar-refractivity contribution in [1.29, 1.82) is 10.5 Å². The third kappa shape index (κ3) is 7.94. The van der Waals surface area contributed by atoms with Crippen molar-refractivity contribution in [3.05, 3.63) is 97.4 Å². The van der Waals surface area contributed by atoms with Crippen LogP contribution in [0.5, 0.6) is 5.75 Å². The van der Waals surface area contributed by atoms with E-state index in [1.54, 1.807) is 7.11 Å². The fourth-order valence-corrected chi connectivity index (χ4v) is 5.00. The van der Waals surface area contributed by atoms with Crippen LogP contribution in [-0.2, 0) is 6.42 Å². The minimum Gasteiger partial charge on any atom is -0.496 e. The first-order valence-corrected chi connectivity index (χ1v) is 14.5. The Morgan fingerprint density at radius 3 is 1.82 bits per heavy atom. The third-order valence-corrected chi connectivity index (χ3v) is 7.72. The Kier molecular flexibility index (Phi) is 11.4. The quantitative estimate of drug-likeness (QED) is 0.156. The van der Waals surface area contributed by atoms with Crippen LogP contribution in [0.2, 0.25) is 0 Å². The van der Waals surface area contributed by atoms with Gasteiger partial charge in [-0.15, -0.1) is 0 Å². The van der Waals surface area contributed by atoms with E-state index < -0.39 is 0 Å². The summed E-state index contributed by atoms with van der Waals surface area (Å²) in [5.74, 6) is 1.07. The molecule has 1 atom stereocenters. The van der Waals surface area contributed by atoms with Crippen LogP contribution in [0.4, 0.5) is 0 Å². The van der Waals surface area contributed by atoms with Crippen molar-refractivity contribution < 1.29 is 4.74 Å². The number of hydrogen-bond acceptors (Lipinski definition) is 3. The van der Waals surface area contributed by atoms with Crippen molar-refractivity contribution in [2.75, 3.05) is 7.11 Å². The lowest BCUT2D eigenvalue weighted by Gasteiger charge is -2.20. The van der Waals surface area contributed by atoms with Crippen molar-refractivity contribution in [3.8, 4) is 17.9 Å². The Morgan fingerprint density at radius 2 is 1.37 bits per heavy atom. The topological polar surface area (TPSA) is 56.8 Å². The lowest BCUT2D eigenvalue weighted by atomic mass is 9.85. The lowest BCUT2D eigenvalue weighted by molar-refractivity contribution is 0.412. The molecule has 0 aliphatic heterocycles. The normalized spacial score (nSPS) is 12.5. The van der Waals surface area contributed by atoms with Gasteiger partial charge in [0.15, 0.2) is 0 Å². The van der Waals surface area contributed by atoms with Gasteiger partial charge in [0.2, 0.25) is 0 Å². The summed E-state index contributed by atoms with van der Waals surface area (Å²) in [6.07, 6.45) is 9.14. The van der Waals surface area contributed by atoms with E-state index >= 15 is 0 Å². The molecule has 1 unspecified atom stereocenters. The Balaban J connectivity index is 2.20. The van der Waals surface area contributed by atoms with Crippen LogP contribution in [0.25, 0.3) is 23.3 Å². The van der Waals surface area contributed by atoms with Crippen LogP contribution < -0.4 is 4.74 Å². The molecule has 0 spiro atoms.